The van der Waals surface area contributed by atoms with Gasteiger partial charge >= 0.3 is 0 Å². The maximum Gasteiger partial charge on any atom is 0.248 e. The first kappa shape index (κ1) is 23.8. The SMILES string of the molecule is C=CC(C)(C)c1cc(C2CC(c3ccc(O)cc3)=NC(/N=C(/N)N(C)C)=N2)c(OC)cc1O. The number of guanidine groups is 2. The quantitative estimate of drug-likeness (QED) is 0.365. The van der Waals surface area contributed by atoms with Crippen LogP contribution in [0.4, 0.5) is 0 Å². The molecule has 33 heavy (non-hydrogen) atoms. The minimum Gasteiger partial charge on any atom is -0.508 e. The van der Waals surface area contributed by atoms with Gasteiger partial charge in [-0.2, -0.15) is 4.99 Å². The molecule has 8 nitrogen and oxygen atoms in total. The summed E-state index contributed by atoms with van der Waals surface area (Å²) in [6.45, 7) is 7.87. The minimum atomic E-state index is -0.465. The van der Waals surface area contributed by atoms with Gasteiger partial charge in [0.05, 0.1) is 18.9 Å². The number of phenols is 2. The van der Waals surface area contributed by atoms with Crippen molar-refractivity contribution in [3.05, 3.63) is 65.7 Å². The van der Waals surface area contributed by atoms with Gasteiger partial charge in [0.2, 0.25) is 5.96 Å². The van der Waals surface area contributed by atoms with Gasteiger partial charge in [-0.25, -0.2) is 9.98 Å². The number of rotatable bonds is 5. The summed E-state index contributed by atoms with van der Waals surface area (Å²) >= 11 is 0. The number of aromatic hydroxyl groups is 2. The fraction of sp³-hybridized carbons (Fsp3) is 0.320. The fourth-order valence-electron chi connectivity index (χ4n) is 3.48. The third kappa shape index (κ3) is 5.16. The first-order chi connectivity index (χ1) is 15.6. The summed E-state index contributed by atoms with van der Waals surface area (Å²) in [5.41, 5.74) is 8.67. The second-order valence-corrected chi connectivity index (χ2v) is 8.66. The van der Waals surface area contributed by atoms with Crippen molar-refractivity contribution in [1.82, 2.24) is 4.90 Å². The topological polar surface area (TPSA) is 116 Å². The van der Waals surface area contributed by atoms with Gasteiger partial charge in [-0.1, -0.05) is 19.9 Å². The average Bonchev–Trinajstić information content (AvgIpc) is 2.78. The average molecular weight is 450 g/mol. The molecule has 174 valence electrons. The Morgan fingerprint density at radius 3 is 2.48 bits per heavy atom. The van der Waals surface area contributed by atoms with E-state index in [1.165, 1.54) is 0 Å². The molecule has 1 unspecified atom stereocenters. The van der Waals surface area contributed by atoms with E-state index >= 15 is 0 Å². The van der Waals surface area contributed by atoms with Crippen molar-refractivity contribution in [2.45, 2.75) is 31.7 Å². The number of ether oxygens (including phenoxy) is 1. The van der Waals surface area contributed by atoms with Crippen molar-refractivity contribution in [1.29, 1.82) is 0 Å². The van der Waals surface area contributed by atoms with E-state index in [0.29, 0.717) is 12.2 Å². The number of hydrogen-bond acceptors (Lipinski definition) is 6. The summed E-state index contributed by atoms with van der Waals surface area (Å²) in [6, 6.07) is 9.95. The summed E-state index contributed by atoms with van der Waals surface area (Å²) < 4.78 is 5.60. The Morgan fingerprint density at radius 1 is 1.24 bits per heavy atom. The zero-order valence-corrected chi connectivity index (χ0v) is 19.7. The number of aliphatic imine (C=N–C) groups is 3. The molecule has 0 aliphatic carbocycles. The van der Waals surface area contributed by atoms with Crippen LogP contribution in [0.3, 0.4) is 0 Å². The Balaban J connectivity index is 2.17. The van der Waals surface area contributed by atoms with Gasteiger partial charge in [-0.15, -0.1) is 6.58 Å². The van der Waals surface area contributed by atoms with E-state index in [0.717, 1.165) is 22.4 Å². The summed E-state index contributed by atoms with van der Waals surface area (Å²) in [5.74, 6) is 1.32. The summed E-state index contributed by atoms with van der Waals surface area (Å²) in [4.78, 5) is 15.4. The highest BCUT2D eigenvalue weighted by atomic mass is 16.5. The number of allylic oxidation sites excluding steroid dienone is 1. The van der Waals surface area contributed by atoms with Crippen molar-refractivity contribution >= 4 is 17.6 Å². The number of phenolic OH excluding ortho intramolecular Hbond substituents is 2. The molecule has 1 aliphatic heterocycles. The molecule has 0 saturated heterocycles. The highest BCUT2D eigenvalue weighted by Crippen LogP contribution is 2.41. The minimum absolute atomic E-state index is 0.128. The largest absolute Gasteiger partial charge is 0.508 e. The summed E-state index contributed by atoms with van der Waals surface area (Å²) in [7, 11) is 5.13. The van der Waals surface area contributed by atoms with Crippen LogP contribution in [0.15, 0.2) is 64.0 Å². The van der Waals surface area contributed by atoms with Gasteiger partial charge in [0, 0.05) is 43.1 Å². The van der Waals surface area contributed by atoms with Crippen LogP contribution < -0.4 is 10.5 Å². The molecule has 3 rings (SSSR count). The first-order valence-electron chi connectivity index (χ1n) is 10.6. The van der Waals surface area contributed by atoms with Gasteiger partial charge in [0.15, 0.2) is 5.96 Å². The number of nitrogens with two attached hydrogens (primary N) is 1. The first-order valence-corrected chi connectivity index (χ1v) is 10.6. The van der Waals surface area contributed by atoms with Crippen molar-refractivity contribution in [3.8, 4) is 17.2 Å². The lowest BCUT2D eigenvalue weighted by Gasteiger charge is -2.26. The Bertz CT molecular complexity index is 1130. The molecule has 4 N–H and O–H groups in total. The van der Waals surface area contributed by atoms with Crippen LogP contribution in [-0.4, -0.2) is 53.9 Å². The van der Waals surface area contributed by atoms with Crippen molar-refractivity contribution in [3.63, 3.8) is 0 Å². The standard InChI is InChI=1S/C25H31N5O3/c1-7-25(2,3)18-12-17(22(33-6)14-21(18)32)20-13-19(15-8-10-16(31)11-9-15)27-24(28-20)29-23(26)30(4)5/h7-12,14,20,31-32H,1,13H2,2-6H3,(H2,26,28,29). The molecule has 0 spiro atoms. The molecule has 2 aromatic carbocycles. The lowest BCUT2D eigenvalue weighted by molar-refractivity contribution is 0.396. The predicted octanol–water partition coefficient (Wildman–Crippen LogP) is 3.74. The zero-order chi connectivity index (χ0) is 24.3. The Labute approximate surface area is 194 Å². The highest BCUT2D eigenvalue weighted by molar-refractivity contribution is 6.10. The van der Waals surface area contributed by atoms with Gasteiger partial charge in [-0.05, 0) is 35.9 Å². The molecule has 0 saturated carbocycles. The van der Waals surface area contributed by atoms with Crippen molar-refractivity contribution < 1.29 is 14.9 Å². The maximum atomic E-state index is 10.6. The normalized spacial score (nSPS) is 16.6. The highest BCUT2D eigenvalue weighted by Gasteiger charge is 2.28. The van der Waals surface area contributed by atoms with E-state index in [4.69, 9.17) is 15.5 Å². The fourth-order valence-corrected chi connectivity index (χ4v) is 3.48. The van der Waals surface area contributed by atoms with Crippen molar-refractivity contribution in [2.75, 3.05) is 21.2 Å². The van der Waals surface area contributed by atoms with E-state index in [1.807, 2.05) is 19.9 Å². The van der Waals surface area contributed by atoms with Gasteiger partial charge < -0.3 is 25.6 Å². The van der Waals surface area contributed by atoms with Crippen LogP contribution >= 0.6 is 0 Å². The summed E-state index contributed by atoms with van der Waals surface area (Å²) in [6.07, 6.45) is 2.26. The lowest BCUT2D eigenvalue weighted by Crippen LogP contribution is -2.31. The molecular formula is C25H31N5O3. The van der Waals surface area contributed by atoms with E-state index in [-0.39, 0.29) is 29.5 Å². The van der Waals surface area contributed by atoms with Gasteiger partial charge in [0.1, 0.15) is 17.2 Å². The summed E-state index contributed by atoms with van der Waals surface area (Å²) in [5, 5.41) is 20.3. The molecule has 1 heterocycles. The van der Waals surface area contributed by atoms with Crippen LogP contribution in [0.2, 0.25) is 0 Å². The van der Waals surface area contributed by atoms with Crippen LogP contribution in [0.1, 0.15) is 43.0 Å². The van der Waals surface area contributed by atoms with Gasteiger partial charge in [0.25, 0.3) is 0 Å². The van der Waals surface area contributed by atoms with Crippen LogP contribution in [-0.2, 0) is 5.41 Å². The maximum absolute atomic E-state index is 10.6. The molecule has 0 fully saturated rings. The van der Waals surface area contributed by atoms with E-state index in [2.05, 4.69) is 16.6 Å². The number of methoxy groups -OCH3 is 1. The molecule has 0 amide bonds. The molecule has 0 bridgehead atoms. The van der Waals surface area contributed by atoms with E-state index in [9.17, 15) is 10.2 Å². The van der Waals surface area contributed by atoms with Crippen LogP contribution in [0.5, 0.6) is 17.2 Å². The smallest absolute Gasteiger partial charge is 0.248 e. The van der Waals surface area contributed by atoms with Crippen molar-refractivity contribution in [2.24, 2.45) is 20.7 Å². The molecule has 0 radical (unpaired) electrons. The molecule has 1 aliphatic rings. The predicted molar refractivity (Wildman–Crippen MR) is 133 cm³/mol. The Morgan fingerprint density at radius 2 is 1.91 bits per heavy atom. The second-order valence-electron chi connectivity index (χ2n) is 8.66. The van der Waals surface area contributed by atoms with Crippen LogP contribution in [0, 0.1) is 0 Å². The zero-order valence-electron chi connectivity index (χ0n) is 19.7. The number of hydrogen-bond donors (Lipinski definition) is 3. The third-order valence-electron chi connectivity index (χ3n) is 5.68. The molecule has 0 aromatic heterocycles. The molecule has 1 atom stereocenters. The molecule has 8 heteroatoms. The molecule has 2 aromatic rings. The molecular weight excluding hydrogens is 418 g/mol. The monoisotopic (exact) mass is 449 g/mol. The number of benzene rings is 2. The second kappa shape index (κ2) is 9.36. The number of nitrogens with zero attached hydrogens (tertiary/aromatic N) is 4. The third-order valence-corrected chi connectivity index (χ3v) is 5.68. The van der Waals surface area contributed by atoms with E-state index < -0.39 is 5.41 Å². The lowest BCUT2D eigenvalue weighted by atomic mass is 9.82. The van der Waals surface area contributed by atoms with E-state index in [1.54, 1.807) is 62.5 Å². The van der Waals surface area contributed by atoms with Crippen LogP contribution in [0.25, 0.3) is 0 Å². The van der Waals surface area contributed by atoms with Gasteiger partial charge in [-0.3, -0.25) is 0 Å². The Hall–Kier alpha value is -3.81. The Kier molecular flexibility index (Phi) is 6.76.